The highest BCUT2D eigenvalue weighted by Gasteiger charge is 2.35. The van der Waals surface area contributed by atoms with Gasteiger partial charge in [0, 0.05) is 25.2 Å². The van der Waals surface area contributed by atoms with Gasteiger partial charge in [-0.2, -0.15) is 0 Å². The minimum Gasteiger partial charge on any atom is -0.492 e. The van der Waals surface area contributed by atoms with Crippen LogP contribution in [0.25, 0.3) is 21.1 Å². The van der Waals surface area contributed by atoms with E-state index >= 15 is 4.39 Å². The Hall–Kier alpha value is -2.39. The Morgan fingerprint density at radius 3 is 2.77 bits per heavy atom. The fourth-order valence-corrected chi connectivity index (χ4v) is 5.64. The highest BCUT2D eigenvalue weighted by Crippen LogP contribution is 2.46. The summed E-state index contributed by atoms with van der Waals surface area (Å²) < 4.78 is 25.9. The third-order valence-electron chi connectivity index (χ3n) is 6.61. The van der Waals surface area contributed by atoms with Crippen molar-refractivity contribution >= 4 is 38.3 Å². The molecule has 1 unspecified atom stereocenters. The van der Waals surface area contributed by atoms with Crippen molar-refractivity contribution in [1.29, 1.82) is 0 Å². The SMILES string of the molecule is CNC(C)[C@H]1CCN(c2c(F)cc3c(=O)c4c(=O)[nH]sc4n(C4CC4)c3c2OC)C1. The summed E-state index contributed by atoms with van der Waals surface area (Å²) in [7, 11) is 3.46. The van der Waals surface area contributed by atoms with Gasteiger partial charge in [-0.25, -0.2) is 4.39 Å². The van der Waals surface area contributed by atoms with Gasteiger partial charge >= 0.3 is 0 Å². The van der Waals surface area contributed by atoms with Crippen LogP contribution in [0.1, 0.15) is 32.2 Å². The van der Waals surface area contributed by atoms with Gasteiger partial charge in [0.05, 0.1) is 18.0 Å². The molecule has 30 heavy (non-hydrogen) atoms. The molecule has 160 valence electrons. The average Bonchev–Trinajstić information content (AvgIpc) is 3.33. The minimum absolute atomic E-state index is 0.109. The van der Waals surface area contributed by atoms with E-state index in [0.29, 0.717) is 40.3 Å². The number of aromatic amines is 1. The van der Waals surface area contributed by atoms with Gasteiger partial charge in [-0.05, 0) is 56.8 Å². The Morgan fingerprint density at radius 2 is 2.10 bits per heavy atom. The van der Waals surface area contributed by atoms with Crippen molar-refractivity contribution in [3.05, 3.63) is 32.5 Å². The second-order valence-electron chi connectivity index (χ2n) is 8.35. The van der Waals surface area contributed by atoms with Crippen LogP contribution in [0.2, 0.25) is 0 Å². The Balaban J connectivity index is 1.79. The van der Waals surface area contributed by atoms with Crippen LogP contribution < -0.4 is 25.9 Å². The molecule has 3 aromatic rings. The number of benzene rings is 1. The van der Waals surface area contributed by atoms with Crippen LogP contribution in [0.15, 0.2) is 15.7 Å². The number of hydrogen-bond acceptors (Lipinski definition) is 6. The number of pyridine rings is 1. The van der Waals surface area contributed by atoms with Crippen molar-refractivity contribution in [2.24, 2.45) is 5.92 Å². The largest absolute Gasteiger partial charge is 0.492 e. The minimum atomic E-state index is -0.484. The van der Waals surface area contributed by atoms with Crippen LogP contribution in [0.4, 0.5) is 10.1 Å². The first-order valence-corrected chi connectivity index (χ1v) is 11.2. The molecule has 5 rings (SSSR count). The maximum Gasteiger partial charge on any atom is 0.271 e. The molecule has 7 nitrogen and oxygen atoms in total. The van der Waals surface area contributed by atoms with Crippen LogP contribution in [0, 0.1) is 11.7 Å². The van der Waals surface area contributed by atoms with Crippen LogP contribution in [0.5, 0.6) is 5.75 Å². The number of fused-ring (bicyclic) bond motifs is 2. The normalized spacial score (nSPS) is 20.4. The molecule has 2 aliphatic rings. The standard InChI is InChI=1S/C21H25FN4O3S/c1-10(23-2)11-6-7-25(9-11)17-14(22)8-13-16(19(17)29-3)26(12-4-5-12)21-15(18(13)27)20(28)24-30-21/h8,10-12,23H,4-7,9H2,1-3H3,(H,24,28)/t10?,11-/m0/s1. The van der Waals surface area contributed by atoms with E-state index in [1.807, 2.05) is 16.5 Å². The molecule has 1 saturated carbocycles. The lowest BCUT2D eigenvalue weighted by atomic mass is 10.0. The number of H-pyrrole nitrogens is 1. The van der Waals surface area contributed by atoms with Gasteiger partial charge in [-0.3, -0.25) is 14.0 Å². The predicted molar refractivity (Wildman–Crippen MR) is 118 cm³/mol. The lowest BCUT2D eigenvalue weighted by Gasteiger charge is -2.25. The molecule has 2 fully saturated rings. The number of hydrogen-bond donors (Lipinski definition) is 2. The van der Waals surface area contributed by atoms with Crippen LogP contribution in [0.3, 0.4) is 0 Å². The second-order valence-corrected chi connectivity index (χ2v) is 9.15. The summed E-state index contributed by atoms with van der Waals surface area (Å²) in [5.74, 6) is 0.301. The quantitative estimate of drug-likeness (QED) is 0.648. The van der Waals surface area contributed by atoms with E-state index in [4.69, 9.17) is 4.74 Å². The van der Waals surface area contributed by atoms with Crippen molar-refractivity contribution in [3.8, 4) is 5.75 Å². The molecule has 0 bridgehead atoms. The van der Waals surface area contributed by atoms with Gasteiger partial charge in [-0.1, -0.05) is 0 Å². The molecule has 0 radical (unpaired) electrons. The first kappa shape index (κ1) is 19.6. The fraction of sp³-hybridized carbons (Fsp3) is 0.524. The van der Waals surface area contributed by atoms with E-state index in [9.17, 15) is 9.59 Å². The number of nitrogens with zero attached hydrogens (tertiary/aromatic N) is 2. The van der Waals surface area contributed by atoms with Gasteiger partial charge in [0.2, 0.25) is 5.43 Å². The van der Waals surface area contributed by atoms with Crippen molar-refractivity contribution in [2.45, 2.75) is 38.3 Å². The number of methoxy groups -OCH3 is 1. The zero-order chi connectivity index (χ0) is 21.2. The first-order chi connectivity index (χ1) is 14.5. The third-order valence-corrected chi connectivity index (χ3v) is 7.50. The molecule has 2 aromatic heterocycles. The molecule has 1 aromatic carbocycles. The van der Waals surface area contributed by atoms with Gasteiger partial charge in [0.15, 0.2) is 11.6 Å². The van der Waals surface area contributed by atoms with E-state index in [-0.39, 0.29) is 16.8 Å². The summed E-state index contributed by atoms with van der Waals surface area (Å²) in [6, 6.07) is 1.80. The van der Waals surface area contributed by atoms with Gasteiger partial charge in [0.25, 0.3) is 5.56 Å². The van der Waals surface area contributed by atoms with Gasteiger partial charge < -0.3 is 19.5 Å². The number of nitrogens with one attached hydrogen (secondary N) is 2. The van der Waals surface area contributed by atoms with E-state index in [1.165, 1.54) is 13.2 Å². The van der Waals surface area contributed by atoms with Crippen molar-refractivity contribution in [1.82, 2.24) is 14.3 Å². The molecule has 2 N–H and O–H groups in total. The molecule has 0 amide bonds. The summed E-state index contributed by atoms with van der Waals surface area (Å²) in [6.45, 7) is 3.58. The number of rotatable bonds is 5. The predicted octanol–water partition coefficient (Wildman–Crippen LogP) is 2.82. The molecule has 1 aliphatic heterocycles. The molecular weight excluding hydrogens is 407 g/mol. The summed E-state index contributed by atoms with van der Waals surface area (Å²) in [6.07, 6.45) is 2.87. The average molecular weight is 433 g/mol. The summed E-state index contributed by atoms with van der Waals surface area (Å²) >= 11 is 1.16. The topological polar surface area (TPSA) is 79.4 Å². The first-order valence-electron chi connectivity index (χ1n) is 10.3. The molecule has 0 spiro atoms. The molecule has 3 heterocycles. The van der Waals surface area contributed by atoms with E-state index in [1.54, 1.807) is 0 Å². The van der Waals surface area contributed by atoms with E-state index in [2.05, 4.69) is 16.6 Å². The molecule has 1 aliphatic carbocycles. The highest BCUT2D eigenvalue weighted by atomic mass is 32.1. The number of halogens is 1. The van der Waals surface area contributed by atoms with E-state index in [0.717, 1.165) is 37.3 Å². The summed E-state index contributed by atoms with van der Waals surface area (Å²) in [5.41, 5.74) is 0.149. The van der Waals surface area contributed by atoms with Crippen LogP contribution in [-0.4, -0.2) is 42.2 Å². The second kappa shape index (κ2) is 7.09. The number of aromatic nitrogens is 2. The summed E-state index contributed by atoms with van der Waals surface area (Å²) in [5, 5.41) is 3.60. The third kappa shape index (κ3) is 2.79. The Kier molecular flexibility index (Phi) is 4.62. The van der Waals surface area contributed by atoms with Crippen LogP contribution in [-0.2, 0) is 0 Å². The zero-order valence-electron chi connectivity index (χ0n) is 17.3. The Morgan fingerprint density at radius 1 is 1.33 bits per heavy atom. The zero-order valence-corrected chi connectivity index (χ0v) is 18.1. The number of anilines is 1. The highest BCUT2D eigenvalue weighted by molar-refractivity contribution is 7.12. The summed E-state index contributed by atoms with van der Waals surface area (Å²) in [4.78, 5) is 28.0. The number of ether oxygens (including phenoxy) is 1. The van der Waals surface area contributed by atoms with Crippen molar-refractivity contribution in [3.63, 3.8) is 0 Å². The molecule has 9 heteroatoms. The fourth-order valence-electron chi connectivity index (χ4n) is 4.72. The van der Waals surface area contributed by atoms with Gasteiger partial charge in [0.1, 0.15) is 15.9 Å². The maximum absolute atomic E-state index is 15.4. The van der Waals surface area contributed by atoms with Crippen molar-refractivity contribution < 1.29 is 9.13 Å². The maximum atomic E-state index is 15.4. The molecular formula is C21H25FN4O3S. The smallest absolute Gasteiger partial charge is 0.271 e. The Bertz CT molecular complexity index is 1260. The lowest BCUT2D eigenvalue weighted by Crippen LogP contribution is -2.33. The van der Waals surface area contributed by atoms with Gasteiger partial charge in [-0.15, -0.1) is 0 Å². The van der Waals surface area contributed by atoms with Crippen molar-refractivity contribution in [2.75, 3.05) is 32.1 Å². The van der Waals surface area contributed by atoms with Crippen LogP contribution >= 0.6 is 11.5 Å². The monoisotopic (exact) mass is 432 g/mol. The molecule has 1 saturated heterocycles. The lowest BCUT2D eigenvalue weighted by molar-refractivity contribution is 0.411. The Labute approximate surface area is 176 Å². The van der Waals surface area contributed by atoms with E-state index < -0.39 is 16.8 Å². The molecule has 2 atom stereocenters.